The summed E-state index contributed by atoms with van der Waals surface area (Å²) < 4.78 is 30.4. The zero-order chi connectivity index (χ0) is 28.2. The molecule has 224 valence electrons. The lowest BCUT2D eigenvalue weighted by Crippen LogP contribution is -2.17. The highest BCUT2D eigenvalue weighted by Gasteiger charge is 2.21. The fourth-order valence-corrected chi connectivity index (χ4v) is 5.42. The number of aromatic nitrogens is 4. The Morgan fingerprint density at radius 3 is 2.10 bits per heavy atom. The Labute approximate surface area is 235 Å². The van der Waals surface area contributed by atoms with E-state index in [2.05, 4.69) is 21.9 Å². The van der Waals surface area contributed by atoms with Gasteiger partial charge in [-0.1, -0.05) is 90.4 Å². The van der Waals surface area contributed by atoms with Crippen molar-refractivity contribution >= 4 is 24.6 Å². The van der Waals surface area contributed by atoms with Gasteiger partial charge in [0.1, 0.15) is 18.2 Å². The van der Waals surface area contributed by atoms with Crippen LogP contribution >= 0.6 is 7.60 Å². The molecule has 0 saturated heterocycles. The third-order valence-corrected chi connectivity index (χ3v) is 7.84. The lowest BCUT2D eigenvalue weighted by atomic mass is 10.0. The highest BCUT2D eigenvalue weighted by molar-refractivity contribution is 7.52. The van der Waals surface area contributed by atoms with Crippen molar-refractivity contribution < 1.29 is 23.5 Å². The molecular formula is C28H52N5O5P. The van der Waals surface area contributed by atoms with Crippen LogP contribution in [0.25, 0.3) is 11.2 Å². The maximum Gasteiger partial charge on any atom is 0.353 e. The van der Waals surface area contributed by atoms with Crippen molar-refractivity contribution in [2.75, 3.05) is 31.9 Å². The molecular weight excluding hydrogens is 517 g/mol. The van der Waals surface area contributed by atoms with Crippen molar-refractivity contribution in [3.8, 4) is 0 Å². The quantitative estimate of drug-likeness (QED) is 0.0971. The number of nitrogen functional groups attached to an aromatic ring is 1. The third kappa shape index (κ3) is 15.1. The summed E-state index contributed by atoms with van der Waals surface area (Å²) in [5.74, 6) is 0.309. The Hall–Kier alpha value is -1.58. The summed E-state index contributed by atoms with van der Waals surface area (Å²) in [5, 5.41) is 0. The van der Waals surface area contributed by atoms with Crippen LogP contribution in [0.1, 0.15) is 110 Å². The van der Waals surface area contributed by atoms with E-state index in [1.807, 2.05) is 6.92 Å². The zero-order valence-electron chi connectivity index (χ0n) is 24.3. The molecule has 0 fully saturated rings. The molecule has 2 aromatic rings. The SMILES string of the molecule is CCCCCCCCCCCCCCCCOCCCOP(=O)(O)COC(C)Cn1cnc2c(N)ncnc21. The second kappa shape index (κ2) is 20.3. The van der Waals surface area contributed by atoms with E-state index in [9.17, 15) is 9.46 Å². The Morgan fingerprint density at radius 2 is 1.46 bits per heavy atom. The zero-order valence-corrected chi connectivity index (χ0v) is 25.2. The number of unbranched alkanes of at least 4 members (excludes halogenated alkanes) is 13. The lowest BCUT2D eigenvalue weighted by Gasteiger charge is -2.17. The van der Waals surface area contributed by atoms with Gasteiger partial charge in [-0.25, -0.2) is 15.0 Å². The summed E-state index contributed by atoms with van der Waals surface area (Å²) >= 11 is 0. The van der Waals surface area contributed by atoms with Gasteiger partial charge < -0.3 is 29.2 Å². The molecule has 10 nitrogen and oxygen atoms in total. The second-order valence-corrected chi connectivity index (χ2v) is 12.3. The maximum absolute atomic E-state index is 12.3. The minimum atomic E-state index is -3.83. The fraction of sp³-hybridized carbons (Fsp3) is 0.821. The van der Waals surface area contributed by atoms with Gasteiger partial charge in [0.05, 0.1) is 25.6 Å². The molecule has 2 heterocycles. The predicted molar refractivity (Wildman–Crippen MR) is 157 cm³/mol. The molecule has 0 amide bonds. The van der Waals surface area contributed by atoms with Crippen LogP contribution in [0.15, 0.2) is 12.7 Å². The van der Waals surface area contributed by atoms with Gasteiger partial charge in [-0.05, 0) is 19.8 Å². The van der Waals surface area contributed by atoms with Crippen molar-refractivity contribution in [2.45, 2.75) is 123 Å². The van der Waals surface area contributed by atoms with Crippen LogP contribution in [0, 0.1) is 0 Å². The predicted octanol–water partition coefficient (Wildman–Crippen LogP) is 6.86. The molecule has 0 aliphatic carbocycles. The molecule has 0 bridgehead atoms. The lowest BCUT2D eigenvalue weighted by molar-refractivity contribution is 0.0688. The Balaban J connectivity index is 1.38. The minimum absolute atomic E-state index is 0.159. The molecule has 0 spiro atoms. The molecule has 39 heavy (non-hydrogen) atoms. The van der Waals surface area contributed by atoms with Gasteiger partial charge in [0.2, 0.25) is 0 Å². The van der Waals surface area contributed by atoms with Gasteiger partial charge in [-0.15, -0.1) is 0 Å². The number of rotatable bonds is 25. The van der Waals surface area contributed by atoms with Crippen LogP contribution in [-0.4, -0.2) is 56.7 Å². The summed E-state index contributed by atoms with van der Waals surface area (Å²) in [5.41, 5.74) is 6.92. The molecule has 0 aliphatic heterocycles. The first-order valence-electron chi connectivity index (χ1n) is 15.0. The first-order valence-corrected chi connectivity index (χ1v) is 16.8. The average Bonchev–Trinajstić information content (AvgIpc) is 3.32. The van der Waals surface area contributed by atoms with Crippen LogP contribution in [0.3, 0.4) is 0 Å². The van der Waals surface area contributed by atoms with Gasteiger partial charge >= 0.3 is 7.60 Å². The summed E-state index contributed by atoms with van der Waals surface area (Å²) in [6.45, 7) is 5.89. The van der Waals surface area contributed by atoms with E-state index in [1.165, 1.54) is 89.8 Å². The first-order chi connectivity index (χ1) is 18.9. The molecule has 0 radical (unpaired) electrons. The van der Waals surface area contributed by atoms with Crippen LogP contribution in [-0.2, 0) is 25.1 Å². The molecule has 11 heteroatoms. The topological polar surface area (TPSA) is 135 Å². The summed E-state index contributed by atoms with van der Waals surface area (Å²) in [4.78, 5) is 22.4. The summed E-state index contributed by atoms with van der Waals surface area (Å²) in [7, 11) is -3.83. The van der Waals surface area contributed by atoms with E-state index in [-0.39, 0.29) is 19.1 Å². The minimum Gasteiger partial charge on any atom is -0.382 e. The Kier molecular flexibility index (Phi) is 17.5. The highest BCUT2D eigenvalue weighted by Crippen LogP contribution is 2.42. The highest BCUT2D eigenvalue weighted by atomic mass is 31.2. The molecule has 2 rings (SSSR count). The number of fused-ring (bicyclic) bond motifs is 1. The van der Waals surface area contributed by atoms with Crippen LogP contribution in [0.4, 0.5) is 5.82 Å². The Bertz CT molecular complexity index is 944. The van der Waals surface area contributed by atoms with E-state index in [0.29, 0.717) is 36.6 Å². The molecule has 0 aliphatic rings. The smallest absolute Gasteiger partial charge is 0.353 e. The fourth-order valence-electron chi connectivity index (χ4n) is 4.49. The number of nitrogens with zero attached hydrogens (tertiary/aromatic N) is 4. The van der Waals surface area contributed by atoms with Crippen molar-refractivity contribution in [3.63, 3.8) is 0 Å². The molecule has 3 N–H and O–H groups in total. The van der Waals surface area contributed by atoms with Crippen molar-refractivity contribution in [1.82, 2.24) is 19.5 Å². The summed E-state index contributed by atoms with van der Waals surface area (Å²) in [6.07, 6.45) is 21.6. The molecule has 2 aromatic heterocycles. The number of anilines is 1. The molecule has 2 atom stereocenters. The number of hydrogen-bond acceptors (Lipinski definition) is 8. The van der Waals surface area contributed by atoms with Gasteiger partial charge in [0.25, 0.3) is 0 Å². The molecule has 0 aromatic carbocycles. The van der Waals surface area contributed by atoms with Gasteiger partial charge in [0.15, 0.2) is 11.5 Å². The van der Waals surface area contributed by atoms with Crippen molar-refractivity contribution in [2.24, 2.45) is 0 Å². The largest absolute Gasteiger partial charge is 0.382 e. The van der Waals surface area contributed by atoms with E-state index in [4.69, 9.17) is 19.7 Å². The van der Waals surface area contributed by atoms with Crippen LogP contribution in [0.5, 0.6) is 0 Å². The Morgan fingerprint density at radius 1 is 0.872 bits per heavy atom. The molecule has 0 saturated carbocycles. The molecule has 2 unspecified atom stereocenters. The normalized spacial score (nSPS) is 14.1. The number of ether oxygens (including phenoxy) is 2. The first kappa shape index (κ1) is 33.6. The number of hydrogen-bond donors (Lipinski definition) is 2. The van der Waals surface area contributed by atoms with Gasteiger partial charge in [-0.2, -0.15) is 0 Å². The number of imidazole rings is 1. The standard InChI is InChI=1S/C28H52N5O5P/c1-3-4-5-6-7-8-9-10-11-12-13-14-15-16-18-36-19-17-20-38-39(34,35)24-37-25(2)21-33-23-32-26-27(29)30-22-31-28(26)33/h22-23,25H,3-21,24H2,1-2H3,(H,34,35)(H2,29,30,31). The van der Waals surface area contributed by atoms with Crippen molar-refractivity contribution in [3.05, 3.63) is 12.7 Å². The van der Waals surface area contributed by atoms with E-state index in [1.54, 1.807) is 10.9 Å². The monoisotopic (exact) mass is 569 g/mol. The van der Waals surface area contributed by atoms with Crippen LogP contribution < -0.4 is 5.73 Å². The van der Waals surface area contributed by atoms with E-state index < -0.39 is 7.60 Å². The van der Waals surface area contributed by atoms with Gasteiger partial charge in [-0.3, -0.25) is 4.57 Å². The summed E-state index contributed by atoms with van der Waals surface area (Å²) in [6, 6.07) is 0. The average molecular weight is 570 g/mol. The van der Waals surface area contributed by atoms with E-state index in [0.717, 1.165) is 13.0 Å². The maximum atomic E-state index is 12.3. The van der Waals surface area contributed by atoms with Crippen LogP contribution in [0.2, 0.25) is 0 Å². The third-order valence-electron chi connectivity index (χ3n) is 6.77. The van der Waals surface area contributed by atoms with Gasteiger partial charge in [0, 0.05) is 13.2 Å². The van der Waals surface area contributed by atoms with E-state index >= 15 is 0 Å². The number of nitrogens with two attached hydrogens (primary N) is 1. The second-order valence-electron chi connectivity index (χ2n) is 10.5. The van der Waals surface area contributed by atoms with Crippen molar-refractivity contribution in [1.29, 1.82) is 0 Å².